The normalized spacial score (nSPS) is 13.2. The van der Waals surface area contributed by atoms with Gasteiger partial charge in [0.15, 0.2) is 0 Å². The Balaban J connectivity index is 1.74. The predicted molar refractivity (Wildman–Crippen MR) is 114 cm³/mol. The number of benzene rings is 2. The Bertz CT molecular complexity index is 958. The number of nitro benzene ring substituents is 1. The Kier molecular flexibility index (Phi) is 7.17. The van der Waals surface area contributed by atoms with Crippen LogP contribution in [0.25, 0.3) is 0 Å². The van der Waals surface area contributed by atoms with Crippen LogP contribution in [0.4, 0.5) is 15.8 Å². The first-order valence-corrected chi connectivity index (χ1v) is 10.2. The maximum atomic E-state index is 13.2. The van der Waals surface area contributed by atoms with E-state index in [0.29, 0.717) is 5.69 Å². The van der Waals surface area contributed by atoms with Gasteiger partial charge in [0.2, 0.25) is 5.91 Å². The van der Waals surface area contributed by atoms with Gasteiger partial charge < -0.3 is 15.1 Å². The molecule has 0 aliphatic carbocycles. The zero-order chi connectivity index (χ0) is 22.4. The van der Waals surface area contributed by atoms with Crippen LogP contribution in [0.2, 0.25) is 0 Å². The van der Waals surface area contributed by atoms with Crippen molar-refractivity contribution in [2.45, 2.75) is 26.3 Å². The molecular weight excluding hydrogens is 403 g/mol. The molecule has 1 N–H and O–H groups in total. The minimum Gasteiger partial charge on any atom is -0.371 e. The molecule has 0 spiro atoms. The summed E-state index contributed by atoms with van der Waals surface area (Å²) in [6, 6.07) is 10.1. The highest BCUT2D eigenvalue weighted by Crippen LogP contribution is 2.29. The summed E-state index contributed by atoms with van der Waals surface area (Å²) in [5.41, 5.74) is 1.45. The first-order valence-electron chi connectivity index (χ1n) is 10.2. The van der Waals surface area contributed by atoms with Crippen LogP contribution in [0.3, 0.4) is 0 Å². The fourth-order valence-electron chi connectivity index (χ4n) is 3.57. The second-order valence-corrected chi connectivity index (χ2v) is 7.38. The quantitative estimate of drug-likeness (QED) is 0.515. The summed E-state index contributed by atoms with van der Waals surface area (Å²) in [6.07, 6.45) is 1.99. The van der Waals surface area contributed by atoms with Crippen LogP contribution in [0.15, 0.2) is 42.5 Å². The number of hydrogen-bond donors (Lipinski definition) is 1. The van der Waals surface area contributed by atoms with Crippen LogP contribution in [-0.2, 0) is 11.3 Å². The molecular formula is C22H25FN4O4. The van der Waals surface area contributed by atoms with Crippen molar-refractivity contribution in [3.8, 4) is 0 Å². The third kappa shape index (κ3) is 5.56. The fourth-order valence-corrected chi connectivity index (χ4v) is 3.57. The third-order valence-corrected chi connectivity index (χ3v) is 5.27. The second kappa shape index (κ2) is 10.0. The molecule has 0 saturated carbocycles. The molecule has 2 aromatic carbocycles. The van der Waals surface area contributed by atoms with E-state index in [1.807, 2.05) is 4.90 Å². The molecule has 8 nitrogen and oxygen atoms in total. The minimum absolute atomic E-state index is 0.164. The zero-order valence-electron chi connectivity index (χ0n) is 17.3. The molecule has 2 amide bonds. The molecule has 3 rings (SSSR count). The molecule has 31 heavy (non-hydrogen) atoms. The van der Waals surface area contributed by atoms with E-state index < -0.39 is 10.8 Å². The smallest absolute Gasteiger partial charge is 0.270 e. The largest absolute Gasteiger partial charge is 0.371 e. The van der Waals surface area contributed by atoms with Crippen molar-refractivity contribution in [3.05, 3.63) is 69.5 Å². The van der Waals surface area contributed by atoms with Crippen LogP contribution >= 0.6 is 0 Å². The summed E-state index contributed by atoms with van der Waals surface area (Å²) in [4.78, 5) is 39.8. The van der Waals surface area contributed by atoms with Gasteiger partial charge in [-0.05, 0) is 43.5 Å². The lowest BCUT2D eigenvalue weighted by atomic mass is 10.1. The van der Waals surface area contributed by atoms with Gasteiger partial charge in [0, 0.05) is 38.3 Å². The molecule has 0 aromatic heterocycles. The number of amides is 2. The molecule has 9 heteroatoms. The maximum absolute atomic E-state index is 13.2. The van der Waals surface area contributed by atoms with Gasteiger partial charge in [0.05, 0.1) is 22.7 Å². The second-order valence-electron chi connectivity index (χ2n) is 7.38. The summed E-state index contributed by atoms with van der Waals surface area (Å²) >= 11 is 0. The third-order valence-electron chi connectivity index (χ3n) is 5.27. The van der Waals surface area contributed by atoms with Gasteiger partial charge in [-0.3, -0.25) is 19.7 Å². The zero-order valence-corrected chi connectivity index (χ0v) is 17.3. The molecule has 1 aliphatic rings. The highest BCUT2D eigenvalue weighted by molar-refractivity contribution is 6.02. The van der Waals surface area contributed by atoms with Gasteiger partial charge in [-0.1, -0.05) is 12.1 Å². The number of carbonyl (C=O) groups excluding carboxylic acids is 2. The summed E-state index contributed by atoms with van der Waals surface area (Å²) in [6.45, 7) is 3.60. The monoisotopic (exact) mass is 428 g/mol. The van der Waals surface area contributed by atoms with E-state index in [1.54, 1.807) is 25.1 Å². The van der Waals surface area contributed by atoms with E-state index >= 15 is 0 Å². The molecule has 164 valence electrons. The predicted octanol–water partition coefficient (Wildman–Crippen LogP) is 3.11. The van der Waals surface area contributed by atoms with Gasteiger partial charge in [-0.2, -0.15) is 0 Å². The highest BCUT2D eigenvalue weighted by atomic mass is 19.1. The average molecular weight is 428 g/mol. The molecule has 0 atom stereocenters. The molecule has 2 aromatic rings. The number of nitrogens with zero attached hydrogens (tertiary/aromatic N) is 3. The van der Waals surface area contributed by atoms with Crippen molar-refractivity contribution in [1.82, 2.24) is 10.2 Å². The van der Waals surface area contributed by atoms with E-state index in [-0.39, 0.29) is 42.6 Å². The summed E-state index contributed by atoms with van der Waals surface area (Å²) < 4.78 is 13.0. The van der Waals surface area contributed by atoms with Crippen molar-refractivity contribution < 1.29 is 18.9 Å². The van der Waals surface area contributed by atoms with E-state index in [1.165, 1.54) is 29.2 Å². The number of anilines is 1. The number of hydrogen-bond acceptors (Lipinski definition) is 5. The Labute approximate surface area is 179 Å². The van der Waals surface area contributed by atoms with Crippen molar-refractivity contribution >= 4 is 23.2 Å². The maximum Gasteiger partial charge on any atom is 0.270 e. The Hall–Kier alpha value is -3.49. The molecule has 1 saturated heterocycles. The average Bonchev–Trinajstić information content (AvgIpc) is 3.31. The Morgan fingerprint density at radius 1 is 1.16 bits per heavy atom. The summed E-state index contributed by atoms with van der Waals surface area (Å²) in [7, 11) is 0. The number of nitrogens with one attached hydrogen (secondary N) is 1. The molecule has 1 fully saturated rings. The number of rotatable bonds is 8. The van der Waals surface area contributed by atoms with Crippen LogP contribution in [0.1, 0.15) is 35.7 Å². The van der Waals surface area contributed by atoms with Crippen LogP contribution in [0, 0.1) is 15.9 Å². The first kappa shape index (κ1) is 22.2. The molecule has 0 unspecified atom stereocenters. The van der Waals surface area contributed by atoms with Gasteiger partial charge in [-0.25, -0.2) is 4.39 Å². The van der Waals surface area contributed by atoms with E-state index in [4.69, 9.17) is 0 Å². The van der Waals surface area contributed by atoms with Gasteiger partial charge in [-0.15, -0.1) is 0 Å². The lowest BCUT2D eigenvalue weighted by molar-refractivity contribution is -0.384. The van der Waals surface area contributed by atoms with Crippen LogP contribution in [-0.4, -0.2) is 47.8 Å². The van der Waals surface area contributed by atoms with Gasteiger partial charge in [0.25, 0.3) is 11.6 Å². The van der Waals surface area contributed by atoms with E-state index in [2.05, 4.69) is 5.32 Å². The topological polar surface area (TPSA) is 95.8 Å². The number of carbonyl (C=O) groups is 2. The number of likely N-dealkylation sites (N-methyl/N-ethyl adjacent to an activating group) is 1. The summed E-state index contributed by atoms with van der Waals surface area (Å²) in [5, 5.41) is 14.0. The Morgan fingerprint density at radius 2 is 1.84 bits per heavy atom. The van der Waals surface area contributed by atoms with E-state index in [9.17, 15) is 24.1 Å². The molecule has 1 aliphatic heterocycles. The van der Waals surface area contributed by atoms with Crippen molar-refractivity contribution in [2.24, 2.45) is 0 Å². The van der Waals surface area contributed by atoms with Crippen LogP contribution in [0.5, 0.6) is 0 Å². The van der Waals surface area contributed by atoms with Gasteiger partial charge >= 0.3 is 0 Å². The van der Waals surface area contributed by atoms with Crippen molar-refractivity contribution in [1.29, 1.82) is 0 Å². The van der Waals surface area contributed by atoms with E-state index in [0.717, 1.165) is 31.5 Å². The lowest BCUT2D eigenvalue weighted by Gasteiger charge is -2.25. The van der Waals surface area contributed by atoms with Crippen molar-refractivity contribution in [2.75, 3.05) is 31.1 Å². The summed E-state index contributed by atoms with van der Waals surface area (Å²) in [5.74, 6) is -1.15. The first-order chi connectivity index (χ1) is 14.9. The number of non-ortho nitro benzene ring substituents is 1. The lowest BCUT2D eigenvalue weighted by Crippen LogP contribution is -2.41. The van der Waals surface area contributed by atoms with Gasteiger partial charge in [0.1, 0.15) is 5.82 Å². The van der Waals surface area contributed by atoms with Crippen molar-refractivity contribution in [3.63, 3.8) is 0 Å². The minimum atomic E-state index is -0.532. The molecule has 0 bridgehead atoms. The van der Waals surface area contributed by atoms with Crippen LogP contribution < -0.4 is 10.2 Å². The standard InChI is InChI=1S/C22H25FN4O4/c1-2-25(15-21(28)24-14-16-5-7-17(23)8-6-16)22(29)19-13-18(27(30)31)9-10-20(19)26-11-3-4-12-26/h5-10,13H,2-4,11-12,14-15H2,1H3,(H,24,28). The highest BCUT2D eigenvalue weighted by Gasteiger charge is 2.26. The number of nitro groups is 1. The SMILES string of the molecule is CCN(CC(=O)NCc1ccc(F)cc1)C(=O)c1cc([N+](=O)[O-])ccc1N1CCCC1. The molecule has 0 radical (unpaired) electrons. The number of halogens is 1. The molecule has 1 heterocycles. The Morgan fingerprint density at radius 3 is 2.45 bits per heavy atom. The fraction of sp³-hybridized carbons (Fsp3) is 0.364.